The second-order valence-corrected chi connectivity index (χ2v) is 5.67. The predicted molar refractivity (Wildman–Crippen MR) is 97.5 cm³/mol. The molecule has 2 aromatic heterocycles. The van der Waals surface area contributed by atoms with Crippen molar-refractivity contribution in [2.75, 3.05) is 7.11 Å². The lowest BCUT2D eigenvalue weighted by molar-refractivity contribution is 0.416. The number of benzene rings is 2. The van der Waals surface area contributed by atoms with Crippen LogP contribution in [0.2, 0.25) is 0 Å². The van der Waals surface area contributed by atoms with E-state index in [-0.39, 0.29) is 0 Å². The summed E-state index contributed by atoms with van der Waals surface area (Å²) in [5, 5.41) is 8.28. The summed E-state index contributed by atoms with van der Waals surface area (Å²) in [6.07, 6.45) is 1.71. The third-order valence-electron chi connectivity index (χ3n) is 3.99. The number of nitrogens with zero attached hydrogens (tertiary/aromatic N) is 4. The molecular formula is C20H16N4O2. The second kappa shape index (κ2) is 6.76. The highest BCUT2D eigenvalue weighted by atomic mass is 16.5. The van der Waals surface area contributed by atoms with Gasteiger partial charge in [0.25, 0.3) is 5.89 Å². The highest BCUT2D eigenvalue weighted by Crippen LogP contribution is 2.30. The number of methoxy groups -OCH3 is 1. The normalized spacial score (nSPS) is 10.7. The van der Waals surface area contributed by atoms with Crippen LogP contribution in [-0.2, 0) is 0 Å². The van der Waals surface area contributed by atoms with E-state index in [0.29, 0.717) is 28.9 Å². The number of ether oxygens (including phenoxy) is 1. The minimum absolute atomic E-state index is 0.339. The van der Waals surface area contributed by atoms with Crippen LogP contribution in [0, 0.1) is 6.92 Å². The molecule has 6 heteroatoms. The van der Waals surface area contributed by atoms with Gasteiger partial charge in [0.1, 0.15) is 11.4 Å². The maximum atomic E-state index is 5.83. The van der Waals surface area contributed by atoms with Crippen molar-refractivity contribution in [1.29, 1.82) is 0 Å². The molecule has 128 valence electrons. The van der Waals surface area contributed by atoms with Crippen LogP contribution in [0.1, 0.15) is 5.69 Å². The number of para-hydroxylation sites is 1. The van der Waals surface area contributed by atoms with Gasteiger partial charge in [0.15, 0.2) is 0 Å². The quantitative estimate of drug-likeness (QED) is 0.553. The molecule has 2 heterocycles. The molecule has 2 aromatic carbocycles. The van der Waals surface area contributed by atoms with Gasteiger partial charge >= 0.3 is 0 Å². The van der Waals surface area contributed by atoms with E-state index in [0.717, 1.165) is 16.9 Å². The summed E-state index contributed by atoms with van der Waals surface area (Å²) in [6, 6.07) is 17.3. The molecule has 0 spiro atoms. The smallest absolute Gasteiger partial charge is 0.268 e. The van der Waals surface area contributed by atoms with Crippen molar-refractivity contribution in [2.45, 2.75) is 6.92 Å². The molecule has 0 atom stereocenters. The van der Waals surface area contributed by atoms with Crippen LogP contribution < -0.4 is 4.74 Å². The van der Waals surface area contributed by atoms with Crippen molar-refractivity contribution >= 4 is 0 Å². The van der Waals surface area contributed by atoms with Crippen molar-refractivity contribution in [3.8, 4) is 40.0 Å². The van der Waals surface area contributed by atoms with Gasteiger partial charge in [-0.15, -0.1) is 10.2 Å². The van der Waals surface area contributed by atoms with Gasteiger partial charge in [0.05, 0.1) is 24.7 Å². The zero-order chi connectivity index (χ0) is 17.9. The molecule has 4 aromatic rings. The van der Waals surface area contributed by atoms with Crippen molar-refractivity contribution in [1.82, 2.24) is 20.2 Å². The molecule has 0 saturated carbocycles. The monoisotopic (exact) mass is 344 g/mol. The first-order chi connectivity index (χ1) is 12.8. The third-order valence-corrected chi connectivity index (χ3v) is 3.99. The Hall–Kier alpha value is -3.54. The lowest BCUT2D eigenvalue weighted by Crippen LogP contribution is -1.97. The Bertz CT molecular complexity index is 1040. The zero-order valence-corrected chi connectivity index (χ0v) is 14.4. The first kappa shape index (κ1) is 16.0. The maximum Gasteiger partial charge on any atom is 0.268 e. The van der Waals surface area contributed by atoms with Gasteiger partial charge in [-0.2, -0.15) is 0 Å². The minimum atomic E-state index is 0.339. The first-order valence-electron chi connectivity index (χ1n) is 8.12. The molecule has 0 bridgehead atoms. The fourth-order valence-corrected chi connectivity index (χ4v) is 2.65. The van der Waals surface area contributed by atoms with Gasteiger partial charge in [0.2, 0.25) is 5.89 Å². The van der Waals surface area contributed by atoms with E-state index in [1.54, 1.807) is 13.3 Å². The lowest BCUT2D eigenvalue weighted by Gasteiger charge is -2.08. The van der Waals surface area contributed by atoms with Crippen LogP contribution in [0.25, 0.3) is 34.3 Å². The fraction of sp³-hybridized carbons (Fsp3) is 0.100. The molecule has 0 unspecified atom stereocenters. The summed E-state index contributed by atoms with van der Waals surface area (Å²) in [4.78, 5) is 9.13. The van der Waals surface area contributed by atoms with E-state index < -0.39 is 0 Å². The molecule has 4 rings (SSSR count). The lowest BCUT2D eigenvalue weighted by atomic mass is 10.1. The summed E-state index contributed by atoms with van der Waals surface area (Å²) >= 11 is 0. The Morgan fingerprint density at radius 3 is 2.42 bits per heavy atom. The Morgan fingerprint density at radius 1 is 0.885 bits per heavy atom. The van der Waals surface area contributed by atoms with Crippen LogP contribution in [-0.4, -0.2) is 27.3 Å². The maximum absolute atomic E-state index is 5.83. The average molecular weight is 344 g/mol. The van der Waals surface area contributed by atoms with E-state index >= 15 is 0 Å². The molecule has 6 nitrogen and oxygen atoms in total. The molecule has 0 amide bonds. The minimum Gasteiger partial charge on any atom is -0.496 e. The number of rotatable bonds is 4. The third kappa shape index (κ3) is 2.93. The highest BCUT2D eigenvalue weighted by Gasteiger charge is 2.17. The summed E-state index contributed by atoms with van der Waals surface area (Å²) in [6.45, 7) is 1.86. The van der Waals surface area contributed by atoms with Gasteiger partial charge in [0, 0.05) is 11.1 Å². The largest absolute Gasteiger partial charge is 0.496 e. The van der Waals surface area contributed by atoms with Gasteiger partial charge in [-0.1, -0.05) is 30.3 Å². The summed E-state index contributed by atoms with van der Waals surface area (Å²) in [7, 11) is 1.63. The molecule has 0 aliphatic carbocycles. The number of hydrogen-bond donors (Lipinski definition) is 0. The zero-order valence-electron chi connectivity index (χ0n) is 14.4. The first-order valence-corrected chi connectivity index (χ1v) is 8.12. The van der Waals surface area contributed by atoms with E-state index in [2.05, 4.69) is 20.2 Å². The van der Waals surface area contributed by atoms with Crippen molar-refractivity contribution in [3.05, 3.63) is 66.5 Å². The molecular weight excluding hydrogens is 328 g/mol. The van der Waals surface area contributed by atoms with E-state index in [1.165, 1.54) is 0 Å². The fourth-order valence-electron chi connectivity index (χ4n) is 2.65. The van der Waals surface area contributed by atoms with Crippen molar-refractivity contribution in [2.24, 2.45) is 0 Å². The van der Waals surface area contributed by atoms with Gasteiger partial charge in [-0.05, 0) is 31.2 Å². The molecule has 26 heavy (non-hydrogen) atoms. The SMILES string of the molecule is COc1ccccc1-c1cnc(C)c(-c2nnc(-c3ccccc3)o2)n1. The van der Waals surface area contributed by atoms with Crippen molar-refractivity contribution in [3.63, 3.8) is 0 Å². The molecule has 0 N–H and O–H groups in total. The van der Waals surface area contributed by atoms with Gasteiger partial charge in [-0.3, -0.25) is 4.98 Å². The number of aromatic nitrogens is 4. The van der Waals surface area contributed by atoms with Gasteiger partial charge < -0.3 is 9.15 Å². The summed E-state index contributed by atoms with van der Waals surface area (Å²) in [5.74, 6) is 1.52. The molecule has 0 saturated heterocycles. The Labute approximate surface area is 150 Å². The van der Waals surface area contributed by atoms with Gasteiger partial charge in [-0.25, -0.2) is 4.98 Å². The topological polar surface area (TPSA) is 73.9 Å². The molecule has 0 radical (unpaired) electrons. The van der Waals surface area contributed by atoms with Crippen LogP contribution in [0.4, 0.5) is 0 Å². The average Bonchev–Trinajstić information content (AvgIpc) is 3.19. The Balaban J connectivity index is 1.77. The summed E-state index contributed by atoms with van der Waals surface area (Å²) < 4.78 is 11.2. The molecule has 0 fully saturated rings. The Morgan fingerprint density at radius 2 is 1.62 bits per heavy atom. The van der Waals surface area contributed by atoms with Crippen LogP contribution in [0.15, 0.2) is 65.2 Å². The number of hydrogen-bond acceptors (Lipinski definition) is 6. The van der Waals surface area contributed by atoms with Crippen LogP contribution in [0.5, 0.6) is 5.75 Å². The van der Waals surface area contributed by atoms with Crippen LogP contribution in [0.3, 0.4) is 0 Å². The van der Waals surface area contributed by atoms with Crippen LogP contribution >= 0.6 is 0 Å². The summed E-state index contributed by atoms with van der Waals surface area (Å²) in [5.41, 5.74) is 3.67. The Kier molecular flexibility index (Phi) is 4.15. The van der Waals surface area contributed by atoms with E-state index in [4.69, 9.17) is 9.15 Å². The highest BCUT2D eigenvalue weighted by molar-refractivity contribution is 5.68. The van der Waals surface area contributed by atoms with E-state index in [1.807, 2.05) is 61.5 Å². The van der Waals surface area contributed by atoms with Crippen molar-refractivity contribution < 1.29 is 9.15 Å². The molecule has 0 aliphatic rings. The number of aryl methyl sites for hydroxylation is 1. The van der Waals surface area contributed by atoms with E-state index in [9.17, 15) is 0 Å². The second-order valence-electron chi connectivity index (χ2n) is 5.67. The predicted octanol–water partition coefficient (Wildman–Crippen LogP) is 4.18. The standard InChI is InChI=1S/C20H16N4O2/c1-13-18(20-24-23-19(26-20)14-8-4-3-5-9-14)22-16(12-21-13)15-10-6-7-11-17(15)25-2/h3-12H,1-2H3. The molecule has 0 aliphatic heterocycles.